The summed E-state index contributed by atoms with van der Waals surface area (Å²) in [5.41, 5.74) is 5.81. The van der Waals surface area contributed by atoms with Crippen molar-refractivity contribution in [2.24, 2.45) is 0 Å². The molecule has 0 N–H and O–H groups in total. The molecular formula is C17H18BrF. The first-order valence-corrected chi connectivity index (χ1v) is 7.36. The molecule has 0 fully saturated rings. The van der Waals surface area contributed by atoms with Crippen LogP contribution in [0.3, 0.4) is 0 Å². The van der Waals surface area contributed by atoms with Gasteiger partial charge in [-0.2, -0.15) is 0 Å². The van der Waals surface area contributed by atoms with Gasteiger partial charge in [0.05, 0.1) is 0 Å². The number of benzene rings is 2. The Morgan fingerprint density at radius 1 is 1.05 bits per heavy atom. The van der Waals surface area contributed by atoms with Crippen LogP contribution in [0.15, 0.2) is 36.4 Å². The molecule has 19 heavy (non-hydrogen) atoms. The van der Waals surface area contributed by atoms with Gasteiger partial charge in [0.25, 0.3) is 0 Å². The molecule has 100 valence electrons. The van der Waals surface area contributed by atoms with Crippen molar-refractivity contribution in [2.75, 3.05) is 0 Å². The first-order valence-electron chi connectivity index (χ1n) is 6.44. The van der Waals surface area contributed by atoms with E-state index >= 15 is 0 Å². The lowest BCUT2D eigenvalue weighted by molar-refractivity contribution is 0.608. The maximum Gasteiger partial charge on any atom is 0.126 e. The van der Waals surface area contributed by atoms with Crippen molar-refractivity contribution < 1.29 is 4.39 Å². The lowest BCUT2D eigenvalue weighted by Crippen LogP contribution is -2.03. The zero-order chi connectivity index (χ0) is 14.0. The van der Waals surface area contributed by atoms with Gasteiger partial charge < -0.3 is 0 Å². The molecule has 0 aliphatic carbocycles. The Morgan fingerprint density at radius 3 is 2.21 bits per heavy atom. The molecule has 0 radical (unpaired) electrons. The number of rotatable bonds is 3. The van der Waals surface area contributed by atoms with Gasteiger partial charge in [-0.3, -0.25) is 0 Å². The number of alkyl halides is 1. The van der Waals surface area contributed by atoms with Gasteiger partial charge in [-0.05, 0) is 55.5 Å². The summed E-state index contributed by atoms with van der Waals surface area (Å²) in [4.78, 5) is 0.144. The van der Waals surface area contributed by atoms with E-state index in [0.29, 0.717) is 6.42 Å². The van der Waals surface area contributed by atoms with E-state index < -0.39 is 0 Å². The summed E-state index contributed by atoms with van der Waals surface area (Å²) in [5.74, 6) is -0.130. The predicted octanol–water partition coefficient (Wildman–Crippen LogP) is 5.43. The summed E-state index contributed by atoms with van der Waals surface area (Å²) < 4.78 is 13.7. The van der Waals surface area contributed by atoms with Gasteiger partial charge in [0, 0.05) is 4.83 Å². The smallest absolute Gasteiger partial charge is 0.126 e. The van der Waals surface area contributed by atoms with Crippen LogP contribution in [0.5, 0.6) is 0 Å². The maximum atomic E-state index is 13.7. The molecule has 0 bridgehead atoms. The monoisotopic (exact) mass is 320 g/mol. The minimum atomic E-state index is -0.130. The number of halogens is 2. The molecule has 0 aromatic heterocycles. The van der Waals surface area contributed by atoms with E-state index in [1.165, 1.54) is 28.3 Å². The fraction of sp³-hybridized carbons (Fsp3) is 0.294. The largest absolute Gasteiger partial charge is 0.207 e. The third kappa shape index (κ3) is 3.24. The van der Waals surface area contributed by atoms with E-state index in [0.717, 1.165) is 5.56 Å². The molecular weight excluding hydrogens is 303 g/mol. The van der Waals surface area contributed by atoms with Crippen LogP contribution in [0.2, 0.25) is 0 Å². The van der Waals surface area contributed by atoms with E-state index in [-0.39, 0.29) is 10.6 Å². The topological polar surface area (TPSA) is 0 Å². The average Bonchev–Trinajstić information content (AvgIpc) is 2.30. The normalized spacial score (nSPS) is 12.5. The van der Waals surface area contributed by atoms with Gasteiger partial charge in [0.15, 0.2) is 0 Å². The molecule has 2 aromatic rings. The Kier molecular flexibility index (Phi) is 4.41. The van der Waals surface area contributed by atoms with E-state index in [2.05, 4.69) is 48.8 Å². The molecule has 2 heteroatoms. The van der Waals surface area contributed by atoms with E-state index in [1.807, 2.05) is 12.1 Å². The highest BCUT2D eigenvalue weighted by Crippen LogP contribution is 2.33. The fourth-order valence-electron chi connectivity index (χ4n) is 2.64. The van der Waals surface area contributed by atoms with Crippen LogP contribution in [0.1, 0.15) is 32.6 Å². The van der Waals surface area contributed by atoms with Crippen LogP contribution in [0, 0.1) is 26.6 Å². The molecule has 0 aliphatic heterocycles. The number of hydrogen-bond acceptors (Lipinski definition) is 0. The van der Waals surface area contributed by atoms with Crippen molar-refractivity contribution in [3.63, 3.8) is 0 Å². The summed E-state index contributed by atoms with van der Waals surface area (Å²) in [7, 11) is 0. The Labute approximate surface area is 122 Å². The van der Waals surface area contributed by atoms with Crippen LogP contribution >= 0.6 is 15.9 Å². The summed E-state index contributed by atoms with van der Waals surface area (Å²) in [6.45, 7) is 6.33. The van der Waals surface area contributed by atoms with Crippen molar-refractivity contribution in [2.45, 2.75) is 32.0 Å². The van der Waals surface area contributed by atoms with Crippen molar-refractivity contribution >= 4 is 15.9 Å². The number of aryl methyl sites for hydroxylation is 3. The lowest BCUT2D eigenvalue weighted by Gasteiger charge is -2.17. The summed E-state index contributed by atoms with van der Waals surface area (Å²) in [5, 5.41) is 0. The Bertz CT molecular complexity index is 567. The molecule has 1 unspecified atom stereocenters. The molecule has 1 atom stereocenters. The molecule has 2 rings (SSSR count). The predicted molar refractivity (Wildman–Crippen MR) is 82.4 cm³/mol. The lowest BCUT2D eigenvalue weighted by atomic mass is 9.94. The zero-order valence-corrected chi connectivity index (χ0v) is 13.1. The first-order chi connectivity index (χ1) is 8.99. The summed E-state index contributed by atoms with van der Waals surface area (Å²) >= 11 is 3.72. The molecule has 0 amide bonds. The highest BCUT2D eigenvalue weighted by Gasteiger charge is 2.15. The van der Waals surface area contributed by atoms with Crippen LogP contribution in [0.25, 0.3) is 0 Å². The minimum Gasteiger partial charge on any atom is -0.207 e. The van der Waals surface area contributed by atoms with Crippen molar-refractivity contribution in [3.05, 3.63) is 70.0 Å². The molecule has 0 heterocycles. The molecule has 2 aromatic carbocycles. The molecule has 0 saturated carbocycles. The molecule has 0 spiro atoms. The first kappa shape index (κ1) is 14.3. The van der Waals surface area contributed by atoms with Gasteiger partial charge in [0.1, 0.15) is 5.82 Å². The third-order valence-electron chi connectivity index (χ3n) is 3.41. The SMILES string of the molecule is Cc1cc(C)c(C(Br)Cc2ccccc2F)c(C)c1. The molecule has 0 aliphatic rings. The molecule has 0 saturated heterocycles. The third-order valence-corrected chi connectivity index (χ3v) is 4.19. The summed E-state index contributed by atoms with van der Waals surface area (Å²) in [6.07, 6.45) is 0.664. The number of hydrogen-bond donors (Lipinski definition) is 0. The van der Waals surface area contributed by atoms with Gasteiger partial charge in [-0.1, -0.05) is 51.8 Å². The van der Waals surface area contributed by atoms with Crippen LogP contribution in [-0.4, -0.2) is 0 Å². The van der Waals surface area contributed by atoms with E-state index in [1.54, 1.807) is 6.07 Å². The van der Waals surface area contributed by atoms with E-state index in [4.69, 9.17) is 0 Å². The second kappa shape index (κ2) is 5.87. The average molecular weight is 321 g/mol. The van der Waals surface area contributed by atoms with Crippen molar-refractivity contribution in [1.29, 1.82) is 0 Å². The minimum absolute atomic E-state index is 0.130. The van der Waals surface area contributed by atoms with Gasteiger partial charge in [0.2, 0.25) is 0 Å². The second-order valence-electron chi connectivity index (χ2n) is 5.08. The highest BCUT2D eigenvalue weighted by atomic mass is 79.9. The van der Waals surface area contributed by atoms with Crippen molar-refractivity contribution in [3.8, 4) is 0 Å². The maximum absolute atomic E-state index is 13.7. The zero-order valence-electron chi connectivity index (χ0n) is 11.5. The van der Waals surface area contributed by atoms with Crippen LogP contribution < -0.4 is 0 Å². The Morgan fingerprint density at radius 2 is 1.63 bits per heavy atom. The van der Waals surface area contributed by atoms with Gasteiger partial charge in [-0.25, -0.2) is 4.39 Å². The standard InChI is InChI=1S/C17H18BrF/c1-11-8-12(2)17(13(3)9-11)15(18)10-14-6-4-5-7-16(14)19/h4-9,15H,10H2,1-3H3. The summed E-state index contributed by atoms with van der Waals surface area (Å²) in [6, 6.07) is 11.3. The Hall–Kier alpha value is -1.15. The molecule has 0 nitrogen and oxygen atoms in total. The van der Waals surface area contributed by atoms with Crippen LogP contribution in [0.4, 0.5) is 4.39 Å². The van der Waals surface area contributed by atoms with Crippen LogP contribution in [-0.2, 0) is 6.42 Å². The highest BCUT2D eigenvalue weighted by molar-refractivity contribution is 9.09. The van der Waals surface area contributed by atoms with Gasteiger partial charge in [-0.15, -0.1) is 0 Å². The van der Waals surface area contributed by atoms with Crippen molar-refractivity contribution in [1.82, 2.24) is 0 Å². The van der Waals surface area contributed by atoms with Gasteiger partial charge >= 0.3 is 0 Å². The second-order valence-corrected chi connectivity index (χ2v) is 6.18. The van der Waals surface area contributed by atoms with E-state index in [9.17, 15) is 4.39 Å². The Balaban J connectivity index is 2.31. The quantitative estimate of drug-likeness (QED) is 0.661. The fourth-order valence-corrected chi connectivity index (χ4v) is 3.72.